The van der Waals surface area contributed by atoms with Crippen LogP contribution in [0.2, 0.25) is 0 Å². The Balaban J connectivity index is 0.00000580. The van der Waals surface area contributed by atoms with E-state index in [0.717, 1.165) is 30.9 Å². The summed E-state index contributed by atoms with van der Waals surface area (Å²) in [5.41, 5.74) is 7.27. The fraction of sp³-hybridized carbons (Fsp3) is 0.512. The number of ketones is 1. The molecule has 6 rings (SSSR count). The van der Waals surface area contributed by atoms with Gasteiger partial charge in [0.1, 0.15) is 0 Å². The van der Waals surface area contributed by atoms with E-state index in [-0.39, 0.29) is 69.1 Å². The van der Waals surface area contributed by atoms with Gasteiger partial charge in [0, 0.05) is 90.2 Å². The predicted molar refractivity (Wildman–Crippen MR) is 203 cm³/mol. The van der Waals surface area contributed by atoms with Crippen molar-refractivity contribution in [2.24, 2.45) is 0 Å². The van der Waals surface area contributed by atoms with E-state index in [9.17, 15) is 24.3 Å². The molecule has 296 valence electrons. The maximum Gasteiger partial charge on any atom is 2.00 e. The second kappa shape index (κ2) is 17.7. The van der Waals surface area contributed by atoms with Crippen LogP contribution < -0.4 is 15.3 Å². The topological polar surface area (TPSA) is 176 Å². The minimum Gasteiger partial charge on any atom is -0.657 e. The van der Waals surface area contributed by atoms with Crippen LogP contribution in [0.3, 0.4) is 0 Å². The molecule has 8 bridgehead atoms. The van der Waals surface area contributed by atoms with Gasteiger partial charge in [-0.15, -0.1) is 22.1 Å². The minimum absolute atomic E-state index is 0. The summed E-state index contributed by atoms with van der Waals surface area (Å²) >= 11 is 0. The summed E-state index contributed by atoms with van der Waals surface area (Å²) in [7, 11) is 1.30. The molecule has 0 radical (unpaired) electrons. The SMILES string of the molecule is CC[C@H]1c2cc3[n-]c(c(CC(=O)OC)c4nc(cc5[n-]c(cc(n2)[C@@H]1C)c(C(C)=O)c5C)[C@@H](C)[C@@H]4CCC(=O)O)c(C(=O)NCCN1CCOCC1)c3C.[Pd+2]. The molecule has 0 saturated carbocycles. The Kier molecular flexibility index (Phi) is 13.5. The van der Waals surface area contributed by atoms with E-state index in [1.165, 1.54) is 14.0 Å². The van der Waals surface area contributed by atoms with Crippen molar-refractivity contribution in [1.82, 2.24) is 30.2 Å². The second-order valence-corrected chi connectivity index (χ2v) is 14.7. The summed E-state index contributed by atoms with van der Waals surface area (Å²) in [6, 6.07) is 5.67. The van der Waals surface area contributed by atoms with Gasteiger partial charge >= 0.3 is 32.4 Å². The summed E-state index contributed by atoms with van der Waals surface area (Å²) < 4.78 is 10.7. The number of Topliss-reactive ketones (excluding diaryl/α,β-unsaturated/α-hetero) is 1. The van der Waals surface area contributed by atoms with Crippen molar-refractivity contribution in [3.63, 3.8) is 0 Å². The summed E-state index contributed by atoms with van der Waals surface area (Å²) in [6.07, 6.45) is 0.648. The third kappa shape index (κ3) is 8.63. The van der Waals surface area contributed by atoms with Gasteiger partial charge in [-0.25, -0.2) is 0 Å². The van der Waals surface area contributed by atoms with Crippen molar-refractivity contribution < 1.29 is 54.2 Å². The molecule has 3 aliphatic rings. The van der Waals surface area contributed by atoms with E-state index in [4.69, 9.17) is 29.4 Å². The normalized spacial score (nSPS) is 19.8. The molecular weight excluding hydrogens is 795 g/mol. The molecule has 0 spiro atoms. The monoisotopic (exact) mass is 844 g/mol. The molecule has 3 aromatic heterocycles. The molecule has 0 unspecified atom stereocenters. The summed E-state index contributed by atoms with van der Waals surface area (Å²) in [5.74, 6) is -2.61. The summed E-state index contributed by atoms with van der Waals surface area (Å²) in [5, 5.41) is 12.9. The van der Waals surface area contributed by atoms with Crippen molar-refractivity contribution in [1.29, 1.82) is 0 Å². The molecule has 1 fully saturated rings. The molecule has 3 aliphatic heterocycles. The van der Waals surface area contributed by atoms with Crippen LogP contribution >= 0.6 is 0 Å². The van der Waals surface area contributed by atoms with Gasteiger partial charge in [0.2, 0.25) is 5.91 Å². The van der Waals surface area contributed by atoms with Gasteiger partial charge in [0.25, 0.3) is 0 Å². The van der Waals surface area contributed by atoms with Crippen LogP contribution in [0.5, 0.6) is 0 Å². The average Bonchev–Trinajstić information content (AvgIpc) is 3.82. The number of carbonyl (C=O) groups is 4. The zero-order valence-corrected chi connectivity index (χ0v) is 34.1. The number of ether oxygens (including phenoxy) is 2. The van der Waals surface area contributed by atoms with E-state index >= 15 is 0 Å². The number of carboxylic acids is 1. The third-order valence-electron chi connectivity index (χ3n) is 11.4. The molecule has 3 aromatic rings. The van der Waals surface area contributed by atoms with Crippen LogP contribution in [0, 0.1) is 13.8 Å². The number of aryl methyl sites for hydroxylation is 2. The standard InChI is InChI=1S/C41H52N6O7.Pd/c1-8-26-21(2)29-20-34-37(25(6)48)23(4)31(44-34)18-30-22(3)27(9-10-35(49)50)39(45-30)28(17-36(51)53-7)40-38(24(5)32(46-40)19-33(26)43-29)41(52)42-11-12-47-13-15-54-16-14-47;/h18-22,26-27H,8-17H2,1-7H3,(H4,42,43,44,45,46,48,49,50,52);/q;+2/p-2/t21-,22+,26-,27+;/m1./s1. The van der Waals surface area contributed by atoms with Crippen LogP contribution in [0.25, 0.3) is 22.1 Å². The third-order valence-corrected chi connectivity index (χ3v) is 11.4. The van der Waals surface area contributed by atoms with Gasteiger partial charge in [0.15, 0.2) is 5.78 Å². The number of nitrogens with one attached hydrogen (secondary N) is 1. The van der Waals surface area contributed by atoms with Crippen molar-refractivity contribution in [3.8, 4) is 0 Å². The Labute approximate surface area is 335 Å². The smallest absolute Gasteiger partial charge is 0.657 e. The van der Waals surface area contributed by atoms with Gasteiger partial charge in [-0.2, -0.15) is 0 Å². The van der Waals surface area contributed by atoms with Gasteiger partial charge in [-0.3, -0.25) is 34.0 Å². The van der Waals surface area contributed by atoms with Crippen molar-refractivity contribution in [2.45, 2.75) is 90.9 Å². The number of hydrogen-bond donors (Lipinski definition) is 2. The number of carbonyl (C=O) groups excluding carboxylic acids is 3. The van der Waals surface area contributed by atoms with E-state index < -0.39 is 17.9 Å². The van der Waals surface area contributed by atoms with E-state index in [1.54, 1.807) is 0 Å². The Bertz CT molecular complexity index is 2140. The number of carboxylic acid groups (broad SMARTS) is 1. The summed E-state index contributed by atoms with van der Waals surface area (Å²) in [6.45, 7) is 15.3. The Morgan fingerprint density at radius 2 is 1.55 bits per heavy atom. The fourth-order valence-corrected chi connectivity index (χ4v) is 8.20. The molecule has 14 heteroatoms. The maximum absolute atomic E-state index is 14.3. The van der Waals surface area contributed by atoms with E-state index in [2.05, 4.69) is 24.1 Å². The number of amides is 1. The summed E-state index contributed by atoms with van der Waals surface area (Å²) in [4.78, 5) is 75.0. The predicted octanol–water partition coefficient (Wildman–Crippen LogP) is 5.22. The van der Waals surface area contributed by atoms with Gasteiger partial charge < -0.3 is 29.9 Å². The molecule has 13 nitrogen and oxygen atoms in total. The van der Waals surface area contributed by atoms with Crippen molar-refractivity contribution >= 4 is 45.7 Å². The number of morpholine rings is 1. The molecule has 0 aliphatic carbocycles. The number of rotatable bonds is 11. The number of methoxy groups -OCH3 is 1. The molecule has 4 atom stereocenters. The number of esters is 1. The molecule has 55 heavy (non-hydrogen) atoms. The first-order chi connectivity index (χ1) is 25.8. The first-order valence-electron chi connectivity index (χ1n) is 18.9. The number of hydrogen-bond acceptors (Lipinski definition) is 9. The number of fused-ring (bicyclic) bond motifs is 8. The van der Waals surface area contributed by atoms with E-state index in [1.807, 2.05) is 39.0 Å². The largest absolute Gasteiger partial charge is 2.00 e. The fourth-order valence-electron chi connectivity index (χ4n) is 8.20. The zero-order chi connectivity index (χ0) is 38.8. The molecule has 2 N–H and O–H groups in total. The first-order valence-corrected chi connectivity index (χ1v) is 18.9. The molecule has 1 amide bonds. The Hall–Kier alpha value is -4.22. The van der Waals surface area contributed by atoms with Crippen LogP contribution in [0.4, 0.5) is 0 Å². The van der Waals surface area contributed by atoms with Crippen LogP contribution in [-0.2, 0) is 45.9 Å². The van der Waals surface area contributed by atoms with Crippen LogP contribution in [0.15, 0.2) is 18.2 Å². The molecule has 1 saturated heterocycles. The van der Waals surface area contributed by atoms with Crippen molar-refractivity contribution in [3.05, 3.63) is 68.8 Å². The van der Waals surface area contributed by atoms with E-state index in [0.29, 0.717) is 87.6 Å². The number of nitrogens with zero attached hydrogens (tertiary/aromatic N) is 5. The number of aliphatic carboxylic acids is 1. The first kappa shape index (κ1) is 41.9. The average molecular weight is 845 g/mol. The van der Waals surface area contributed by atoms with Crippen molar-refractivity contribution in [2.75, 3.05) is 46.5 Å². The van der Waals surface area contributed by atoms with Gasteiger partial charge in [-0.05, 0) is 39.2 Å². The minimum atomic E-state index is -0.959. The second-order valence-electron chi connectivity index (χ2n) is 14.7. The Morgan fingerprint density at radius 3 is 2.20 bits per heavy atom. The molecule has 6 heterocycles. The maximum atomic E-state index is 14.3. The van der Waals surface area contributed by atoms with Gasteiger partial charge in [0.05, 0.1) is 26.7 Å². The quantitative estimate of drug-likeness (QED) is 0.147. The van der Waals surface area contributed by atoms with Gasteiger partial charge in [-0.1, -0.05) is 50.1 Å². The van der Waals surface area contributed by atoms with Crippen LogP contribution in [-0.4, -0.2) is 90.1 Å². The zero-order valence-electron chi connectivity index (χ0n) is 32.6. The number of aromatic nitrogens is 4. The van der Waals surface area contributed by atoms with Crippen LogP contribution in [0.1, 0.15) is 131 Å². The molecular formula is C41H50N6O7Pd. The molecule has 0 aromatic carbocycles. The Morgan fingerprint density at radius 1 is 0.927 bits per heavy atom.